The van der Waals surface area contributed by atoms with Crippen molar-refractivity contribution < 1.29 is 28.6 Å². The molecule has 0 unspecified atom stereocenters. The molecule has 6 N–H and O–H groups in total. The van der Waals surface area contributed by atoms with Gasteiger partial charge in [-0.15, -0.1) is 19.0 Å². The minimum atomic E-state index is -0.972. The van der Waals surface area contributed by atoms with Gasteiger partial charge in [-0.05, 0) is 59.4 Å². The van der Waals surface area contributed by atoms with Crippen LogP contribution in [0.4, 0.5) is 0 Å². The molecule has 11 nitrogen and oxygen atoms in total. The Hall–Kier alpha value is -5.55. The molecule has 264 valence electrons. The Balaban J connectivity index is 0.00000676. The highest BCUT2D eigenvalue weighted by Gasteiger charge is 2.27. The average molecular weight is 702 g/mol. The minimum Gasteiger partial charge on any atom is -0.489 e. The van der Waals surface area contributed by atoms with Crippen LogP contribution in [0.5, 0.6) is 11.5 Å². The Morgan fingerprint density at radius 2 is 1.40 bits per heavy atom. The number of halogens is 1. The molecule has 0 saturated heterocycles. The highest BCUT2D eigenvalue weighted by molar-refractivity contribution is 6.09. The van der Waals surface area contributed by atoms with E-state index in [1.807, 2.05) is 72.8 Å². The van der Waals surface area contributed by atoms with E-state index in [1.54, 1.807) is 6.08 Å². The molecule has 12 heteroatoms. The van der Waals surface area contributed by atoms with E-state index in [9.17, 15) is 14.4 Å². The van der Waals surface area contributed by atoms with Gasteiger partial charge in [0.15, 0.2) is 12.6 Å². The molecule has 2 amide bonds. The van der Waals surface area contributed by atoms with Crippen LogP contribution in [0.15, 0.2) is 103 Å². The average Bonchev–Trinajstić information content (AvgIpc) is 3.11. The molecule has 0 saturated carbocycles. The Morgan fingerprint density at radius 1 is 0.800 bits per heavy atom. The number of carbonyl (C=O) groups excluding carboxylic acids is 3. The lowest BCUT2D eigenvalue weighted by Gasteiger charge is -2.22. The predicted molar refractivity (Wildman–Crippen MR) is 201 cm³/mol. The summed E-state index contributed by atoms with van der Waals surface area (Å²) in [5, 5.41) is 9.30. The van der Waals surface area contributed by atoms with Crippen molar-refractivity contribution in [1.82, 2.24) is 10.6 Å². The number of nitrogens with one attached hydrogen (secondary N) is 2. The van der Waals surface area contributed by atoms with Gasteiger partial charge in [0.1, 0.15) is 30.2 Å². The van der Waals surface area contributed by atoms with Crippen molar-refractivity contribution in [2.24, 2.45) is 16.5 Å². The second kappa shape index (κ2) is 19.4. The number of hydrogen-bond donors (Lipinski definition) is 4. The number of benzene rings is 4. The van der Waals surface area contributed by atoms with Crippen molar-refractivity contribution in [3.63, 3.8) is 0 Å². The summed E-state index contributed by atoms with van der Waals surface area (Å²) >= 11 is 0. The quantitative estimate of drug-likeness (QED) is 0.0362. The van der Waals surface area contributed by atoms with Gasteiger partial charge in [0.05, 0.1) is 7.11 Å². The van der Waals surface area contributed by atoms with Crippen LogP contribution in [0.25, 0.3) is 32.7 Å². The highest BCUT2D eigenvalue weighted by atomic mass is 35.5. The summed E-state index contributed by atoms with van der Waals surface area (Å²) in [6.45, 7) is 7.73. The molecule has 0 fully saturated rings. The molecule has 0 spiro atoms. The predicted octanol–water partition coefficient (Wildman–Crippen LogP) is 5.19. The molecule has 4 aromatic carbocycles. The van der Waals surface area contributed by atoms with Gasteiger partial charge in [0.2, 0.25) is 5.91 Å². The second-order valence-corrected chi connectivity index (χ2v) is 11.2. The summed E-state index contributed by atoms with van der Waals surface area (Å²) in [5.41, 5.74) is 12.4. The maximum absolute atomic E-state index is 13.4. The van der Waals surface area contributed by atoms with Crippen LogP contribution < -0.4 is 31.6 Å². The molecule has 0 radical (unpaired) electrons. The second-order valence-electron chi connectivity index (χ2n) is 11.2. The molecule has 50 heavy (non-hydrogen) atoms. The van der Waals surface area contributed by atoms with Crippen LogP contribution in [0.1, 0.15) is 25.7 Å². The maximum atomic E-state index is 13.4. The number of amides is 2. The lowest BCUT2D eigenvalue weighted by molar-refractivity contribution is -0.145. The van der Waals surface area contributed by atoms with E-state index in [0.717, 1.165) is 32.7 Å². The number of fused-ring (bicyclic) bond motifs is 2. The van der Waals surface area contributed by atoms with Crippen molar-refractivity contribution in [2.75, 3.05) is 26.9 Å². The van der Waals surface area contributed by atoms with E-state index in [0.29, 0.717) is 37.5 Å². The fourth-order valence-corrected chi connectivity index (χ4v) is 5.52. The number of nitrogens with two attached hydrogens (primary N) is 2. The molecular formula is C38H44ClN5O6. The summed E-state index contributed by atoms with van der Waals surface area (Å²) in [4.78, 5) is 43.0. The number of rotatable bonds is 18. The van der Waals surface area contributed by atoms with Crippen LogP contribution in [0.3, 0.4) is 0 Å². The molecule has 0 aliphatic heterocycles. The van der Waals surface area contributed by atoms with Crippen molar-refractivity contribution in [3.05, 3.63) is 98.1 Å². The SMILES string of the molecule is C=CCOc1ccc2ccccc2c1-c1c(OCC(=O)N[C@H](CCCCN=C(N)N)C(=O)N[C@H](CC=C)C(=O)OC)ccc2ccccc12.Cl. The van der Waals surface area contributed by atoms with Crippen molar-refractivity contribution in [2.45, 2.75) is 37.8 Å². The van der Waals surface area contributed by atoms with E-state index >= 15 is 0 Å². The highest BCUT2D eigenvalue weighted by Crippen LogP contribution is 2.45. The molecule has 0 aliphatic carbocycles. The molecule has 4 rings (SSSR count). The maximum Gasteiger partial charge on any atom is 0.328 e. The van der Waals surface area contributed by atoms with Gasteiger partial charge in [0, 0.05) is 17.7 Å². The van der Waals surface area contributed by atoms with Gasteiger partial charge in [-0.25, -0.2) is 4.79 Å². The first-order chi connectivity index (χ1) is 23.8. The van der Waals surface area contributed by atoms with E-state index in [4.69, 9.17) is 25.7 Å². The molecule has 0 bridgehead atoms. The molecule has 4 aromatic rings. The van der Waals surface area contributed by atoms with Crippen molar-refractivity contribution in [1.29, 1.82) is 0 Å². The number of carbonyl (C=O) groups is 3. The van der Waals surface area contributed by atoms with Gasteiger partial charge < -0.3 is 36.3 Å². The largest absolute Gasteiger partial charge is 0.489 e. The smallest absolute Gasteiger partial charge is 0.328 e. The summed E-state index contributed by atoms with van der Waals surface area (Å²) in [6.07, 6.45) is 4.70. The molecule has 0 aliphatic rings. The molecule has 2 atom stereocenters. The van der Waals surface area contributed by atoms with E-state index in [-0.39, 0.29) is 37.8 Å². The number of aliphatic imine (C=N–C) groups is 1. The Kier molecular flexibility index (Phi) is 15.1. The Morgan fingerprint density at radius 3 is 1.96 bits per heavy atom. The van der Waals surface area contributed by atoms with Crippen LogP contribution in [0.2, 0.25) is 0 Å². The lowest BCUT2D eigenvalue weighted by Crippen LogP contribution is -2.52. The Bertz CT molecular complexity index is 1840. The topological polar surface area (TPSA) is 167 Å². The fourth-order valence-electron chi connectivity index (χ4n) is 5.52. The summed E-state index contributed by atoms with van der Waals surface area (Å²) in [7, 11) is 1.23. The van der Waals surface area contributed by atoms with E-state index in [2.05, 4.69) is 28.8 Å². The van der Waals surface area contributed by atoms with Gasteiger partial charge >= 0.3 is 5.97 Å². The monoisotopic (exact) mass is 701 g/mol. The van der Waals surface area contributed by atoms with Crippen molar-refractivity contribution >= 4 is 57.7 Å². The number of methoxy groups -OCH3 is 1. The number of esters is 1. The van der Waals surface area contributed by atoms with Crippen LogP contribution in [-0.2, 0) is 19.1 Å². The van der Waals surface area contributed by atoms with Gasteiger partial charge in [-0.3, -0.25) is 14.6 Å². The first kappa shape index (κ1) is 38.9. The number of nitrogens with zero attached hydrogens (tertiary/aromatic N) is 1. The van der Waals surface area contributed by atoms with Gasteiger partial charge in [-0.1, -0.05) is 79.4 Å². The minimum absolute atomic E-state index is 0. The number of unbranched alkanes of at least 4 members (excludes halogenated alkanes) is 1. The van der Waals surface area contributed by atoms with Gasteiger partial charge in [0.25, 0.3) is 5.91 Å². The molecular weight excluding hydrogens is 658 g/mol. The summed E-state index contributed by atoms with van der Waals surface area (Å²) in [5.74, 6) is -0.615. The van der Waals surface area contributed by atoms with Crippen LogP contribution in [-0.4, -0.2) is 62.7 Å². The third-order valence-corrected chi connectivity index (χ3v) is 7.80. The number of guanidine groups is 1. The lowest BCUT2D eigenvalue weighted by atomic mass is 9.92. The third kappa shape index (κ3) is 10.2. The number of ether oxygens (including phenoxy) is 3. The zero-order valence-electron chi connectivity index (χ0n) is 28.1. The Labute approximate surface area is 298 Å². The normalized spacial score (nSPS) is 11.7. The van der Waals surface area contributed by atoms with Crippen LogP contribution in [0, 0.1) is 0 Å². The van der Waals surface area contributed by atoms with Crippen molar-refractivity contribution in [3.8, 4) is 22.6 Å². The summed E-state index contributed by atoms with van der Waals surface area (Å²) in [6, 6.07) is 21.6. The molecule has 0 heterocycles. The van der Waals surface area contributed by atoms with E-state index < -0.39 is 29.9 Å². The first-order valence-electron chi connectivity index (χ1n) is 16.0. The molecule has 0 aromatic heterocycles. The zero-order chi connectivity index (χ0) is 35.2. The van der Waals surface area contributed by atoms with E-state index in [1.165, 1.54) is 13.2 Å². The zero-order valence-corrected chi connectivity index (χ0v) is 28.9. The fraction of sp³-hybridized carbons (Fsp3) is 0.263. The third-order valence-electron chi connectivity index (χ3n) is 7.80. The number of hydrogen-bond acceptors (Lipinski definition) is 7. The first-order valence-corrected chi connectivity index (χ1v) is 16.0. The summed E-state index contributed by atoms with van der Waals surface area (Å²) < 4.78 is 17.2. The van der Waals surface area contributed by atoms with Crippen LogP contribution >= 0.6 is 12.4 Å². The van der Waals surface area contributed by atoms with Gasteiger partial charge in [-0.2, -0.15) is 0 Å². The standard InChI is InChI=1S/C38H43N5O6.ClH/c1-4-12-30(37(46)47-3)43-36(45)29(17-10-11-22-41-38(39)40)42-33(44)24-49-32-21-19-26-14-7-9-16-28(26)35(32)34-27-15-8-6-13-25(27)18-20-31(34)48-23-5-2;/h4-9,13-16,18-21,29-30H,1-2,10-12,17,22-24H2,3H3,(H,42,44)(H,43,45)(H4,39,40,41);1H/t29-,30-;/m1./s1.